The van der Waals surface area contributed by atoms with Crippen LogP contribution in [-0.2, 0) is 29.1 Å². The summed E-state index contributed by atoms with van der Waals surface area (Å²) in [6.45, 7) is 8.97. The number of pyridine rings is 1. The van der Waals surface area contributed by atoms with Gasteiger partial charge >= 0.3 is 12.3 Å². The molecule has 2 aromatic heterocycles. The van der Waals surface area contributed by atoms with E-state index in [1.54, 1.807) is 43.3 Å². The van der Waals surface area contributed by atoms with E-state index >= 15 is 22.8 Å². The van der Waals surface area contributed by atoms with E-state index in [9.17, 15) is 23.1 Å². The number of alkyl halides is 3. The van der Waals surface area contributed by atoms with E-state index in [1.807, 2.05) is 26.8 Å². The van der Waals surface area contributed by atoms with Gasteiger partial charge in [0, 0.05) is 49.0 Å². The zero-order valence-electron chi connectivity index (χ0n) is 39.7. The Bertz CT molecular complexity index is 2580. The molecule has 21 heteroatoms. The molecular weight excluding hydrogens is 936 g/mol. The van der Waals surface area contributed by atoms with Gasteiger partial charge < -0.3 is 29.5 Å². The number of nitrogens with one attached hydrogen (secondary N) is 2. The molecule has 70 heavy (non-hydrogen) atoms. The molecule has 9 atom stereocenters. The Hall–Kier alpha value is -5.83. The van der Waals surface area contributed by atoms with Gasteiger partial charge in [0.25, 0.3) is 5.91 Å². The molecule has 3 aliphatic heterocycles. The number of benzene rings is 1. The first-order valence-electron chi connectivity index (χ1n) is 23.9. The number of carbonyl (C=O) groups excluding carboxylic acids is 3. The van der Waals surface area contributed by atoms with Gasteiger partial charge in [-0.1, -0.05) is 26.0 Å². The van der Waals surface area contributed by atoms with E-state index in [-0.39, 0.29) is 60.9 Å². The number of carbonyl (C=O) groups is 4. The van der Waals surface area contributed by atoms with Crippen molar-refractivity contribution in [2.45, 2.75) is 145 Å². The molecule has 4 fully saturated rings. The van der Waals surface area contributed by atoms with Crippen molar-refractivity contribution < 1.29 is 60.1 Å². The number of sulfonamides is 1. The van der Waals surface area contributed by atoms with Crippen LogP contribution in [0.15, 0.2) is 67.0 Å². The van der Waals surface area contributed by atoms with Crippen molar-refractivity contribution in [2.75, 3.05) is 13.2 Å². The minimum Gasteiger partial charge on any atom is -0.491 e. The van der Waals surface area contributed by atoms with E-state index in [1.165, 1.54) is 31.5 Å². The Kier molecular flexibility index (Phi) is 14.3. The first-order chi connectivity index (χ1) is 33.1. The number of nitrogens with zero attached hydrogens (tertiary/aromatic N) is 5. The summed E-state index contributed by atoms with van der Waals surface area (Å²) >= 11 is 0. The monoisotopic (exact) mass is 995 g/mol. The molecule has 5 aliphatic rings. The lowest BCUT2D eigenvalue weighted by Crippen LogP contribution is -2.64. The standard InChI is InChI=1S/C49H60F3N7O10S/c1-28(2)68-34-15-13-31(14-16-34)36-23-35(24-37(55-36)42-53-19-9-20-54-42)69-39-25-38-43(60)56-48(45(62)57-70(65,66)47(5)17-18-47)26-32(48)11-7-6-10-29(3)22-30(4)40(44(61)59(38)41(39)49(50,51)52)58(46(63)64)33-12-8-21-67-27-33/h7,9,11,13-16,19-20,23-24,28-30,32-33,38-41H,6,8,10,12,17-18,21-22,25-27H2,1-5H3,(H,56,60)(H,57,62)(H,63,64)/b11-7-/t29-,30-,32-,33?,38+,39-,40+,41?,48-/m1/s1. The number of rotatable bonds is 11. The summed E-state index contributed by atoms with van der Waals surface area (Å²) in [5, 5.41) is 13.5. The van der Waals surface area contributed by atoms with Crippen molar-refractivity contribution in [2.24, 2.45) is 17.8 Å². The molecule has 4 amide bonds. The number of hydrogen-bond acceptors (Lipinski definition) is 12. The number of aromatic nitrogens is 3. The van der Waals surface area contributed by atoms with Crippen LogP contribution in [0.25, 0.3) is 22.8 Å². The lowest BCUT2D eigenvalue weighted by molar-refractivity contribution is -0.200. The average Bonchev–Trinajstić information content (AvgIpc) is 4.20. The molecule has 0 spiro atoms. The molecule has 17 nitrogen and oxygen atoms in total. The second kappa shape index (κ2) is 19.8. The zero-order chi connectivity index (χ0) is 50.3. The quantitative estimate of drug-likeness (QED) is 0.171. The predicted octanol–water partition coefficient (Wildman–Crippen LogP) is 6.69. The molecule has 0 radical (unpaired) electrons. The van der Waals surface area contributed by atoms with E-state index in [2.05, 4.69) is 20.0 Å². The normalized spacial score (nSPS) is 29.6. The maximum Gasteiger partial charge on any atom is 0.412 e. The minimum atomic E-state index is -5.29. The lowest BCUT2D eigenvalue weighted by Gasteiger charge is -2.43. The van der Waals surface area contributed by atoms with Gasteiger partial charge in [-0.15, -0.1) is 0 Å². The summed E-state index contributed by atoms with van der Waals surface area (Å²) in [5.41, 5.74) is -0.988. The van der Waals surface area contributed by atoms with Gasteiger partial charge in [-0.2, -0.15) is 13.2 Å². The van der Waals surface area contributed by atoms with Crippen LogP contribution >= 0.6 is 0 Å². The number of amides is 4. The van der Waals surface area contributed by atoms with Crippen LogP contribution in [0.5, 0.6) is 11.5 Å². The Morgan fingerprint density at radius 3 is 2.36 bits per heavy atom. The van der Waals surface area contributed by atoms with Crippen molar-refractivity contribution in [1.29, 1.82) is 0 Å². The molecule has 3 aromatic rings. The van der Waals surface area contributed by atoms with Crippen LogP contribution in [0.4, 0.5) is 18.0 Å². The summed E-state index contributed by atoms with van der Waals surface area (Å²) in [6.07, 6.45) is -0.830. The van der Waals surface area contributed by atoms with Crippen molar-refractivity contribution in [3.05, 3.63) is 67.0 Å². The molecule has 5 heterocycles. The number of hydrogen-bond donors (Lipinski definition) is 3. The largest absolute Gasteiger partial charge is 0.491 e. The molecule has 2 saturated carbocycles. The summed E-state index contributed by atoms with van der Waals surface area (Å²) in [5.74, 6) is -4.73. The number of allylic oxidation sites excluding steroid dienone is 1. The average molecular weight is 996 g/mol. The fourth-order valence-corrected chi connectivity index (χ4v) is 11.4. The third kappa shape index (κ3) is 10.6. The van der Waals surface area contributed by atoms with Crippen molar-refractivity contribution in [3.63, 3.8) is 0 Å². The molecule has 0 bridgehead atoms. The summed E-state index contributed by atoms with van der Waals surface area (Å²) < 4.78 is 94.1. The Balaban J connectivity index is 1.24. The van der Waals surface area contributed by atoms with Gasteiger partial charge in [0.05, 0.1) is 29.2 Å². The van der Waals surface area contributed by atoms with Gasteiger partial charge in [0.15, 0.2) is 11.9 Å². The van der Waals surface area contributed by atoms with E-state index in [0.717, 1.165) is 4.90 Å². The van der Waals surface area contributed by atoms with Crippen LogP contribution in [0.2, 0.25) is 0 Å². The fourth-order valence-electron chi connectivity index (χ4n) is 10.1. The van der Waals surface area contributed by atoms with Gasteiger partial charge in [-0.25, -0.2) is 28.2 Å². The molecule has 378 valence electrons. The van der Waals surface area contributed by atoms with Crippen molar-refractivity contribution >= 4 is 33.8 Å². The van der Waals surface area contributed by atoms with Crippen LogP contribution in [0.1, 0.15) is 92.4 Å². The zero-order valence-corrected chi connectivity index (χ0v) is 40.5. The predicted molar refractivity (Wildman–Crippen MR) is 248 cm³/mol. The Morgan fingerprint density at radius 2 is 1.73 bits per heavy atom. The van der Waals surface area contributed by atoms with E-state index < -0.39 is 98.8 Å². The molecular formula is C49H60F3N7O10S. The molecule has 2 saturated heterocycles. The second-order valence-electron chi connectivity index (χ2n) is 20.0. The maximum absolute atomic E-state index is 16.2. The van der Waals surface area contributed by atoms with Crippen molar-refractivity contribution in [3.8, 4) is 34.3 Å². The highest BCUT2D eigenvalue weighted by Crippen LogP contribution is 2.49. The smallest absolute Gasteiger partial charge is 0.412 e. The number of carboxylic acid groups (broad SMARTS) is 1. The van der Waals surface area contributed by atoms with Crippen LogP contribution in [-0.4, -0.2) is 128 Å². The minimum absolute atomic E-state index is 0.0744. The summed E-state index contributed by atoms with van der Waals surface area (Å²) in [7, 11) is -4.23. The molecule has 2 unspecified atom stereocenters. The third-order valence-electron chi connectivity index (χ3n) is 14.1. The van der Waals surface area contributed by atoms with Gasteiger partial charge in [-0.05, 0) is 114 Å². The third-order valence-corrected chi connectivity index (χ3v) is 16.3. The van der Waals surface area contributed by atoms with Gasteiger partial charge in [0.2, 0.25) is 21.8 Å². The Labute approximate surface area is 405 Å². The number of ether oxygens (including phenoxy) is 3. The first-order valence-corrected chi connectivity index (χ1v) is 25.4. The van der Waals surface area contributed by atoms with E-state index in [0.29, 0.717) is 54.9 Å². The first kappa shape index (κ1) is 50.6. The lowest BCUT2D eigenvalue weighted by atomic mass is 9.86. The van der Waals surface area contributed by atoms with Crippen LogP contribution in [0, 0.1) is 17.8 Å². The Morgan fingerprint density at radius 1 is 1.03 bits per heavy atom. The molecule has 2 aliphatic carbocycles. The second-order valence-corrected chi connectivity index (χ2v) is 22.2. The number of halogens is 3. The summed E-state index contributed by atoms with van der Waals surface area (Å²) in [4.78, 5) is 72.8. The maximum atomic E-state index is 16.2. The van der Waals surface area contributed by atoms with Crippen LogP contribution < -0.4 is 19.5 Å². The number of fused-ring (bicyclic) bond motifs is 2. The van der Waals surface area contributed by atoms with Crippen molar-refractivity contribution in [1.82, 2.24) is 34.8 Å². The molecule has 3 N–H and O–H groups in total. The SMILES string of the molecule is CC(C)Oc1ccc(-c2cc(O[C@@H]3C[C@H]4C(=O)N[C@]5(C(=O)NS(=O)(=O)C6(C)CC6)C[C@H]5/C=C\CC[C@@H](C)C[C@@H](C)[C@H](N(C(=O)O)C5CCCOC5)C(=O)N4C3C(F)(F)F)cc(-c3ncccn3)n2)cc1. The molecule has 8 rings (SSSR count). The van der Waals surface area contributed by atoms with Crippen LogP contribution in [0.3, 0.4) is 0 Å². The summed E-state index contributed by atoms with van der Waals surface area (Å²) in [6, 6.07) is 3.73. The highest BCUT2D eigenvalue weighted by molar-refractivity contribution is 7.91. The highest BCUT2D eigenvalue weighted by atomic mass is 32.2. The highest BCUT2D eigenvalue weighted by Gasteiger charge is 2.66. The fraction of sp³-hybridized carbons (Fsp3) is 0.571. The van der Waals surface area contributed by atoms with Gasteiger partial charge in [0.1, 0.15) is 40.9 Å². The van der Waals surface area contributed by atoms with E-state index in [4.69, 9.17) is 19.2 Å². The topological polar surface area (TPSA) is 220 Å². The van der Waals surface area contributed by atoms with Gasteiger partial charge in [-0.3, -0.25) is 24.0 Å². The molecule has 1 aromatic carbocycles.